The van der Waals surface area contributed by atoms with Gasteiger partial charge < -0.3 is 20.5 Å². The van der Waals surface area contributed by atoms with Crippen LogP contribution in [-0.4, -0.2) is 40.6 Å². The van der Waals surface area contributed by atoms with E-state index in [1.165, 1.54) is 0 Å². The van der Waals surface area contributed by atoms with Gasteiger partial charge in [0.2, 0.25) is 5.95 Å². The van der Waals surface area contributed by atoms with E-state index < -0.39 is 0 Å². The molecule has 0 bridgehead atoms. The second-order valence-corrected chi connectivity index (χ2v) is 8.87. The van der Waals surface area contributed by atoms with E-state index in [1.54, 1.807) is 12.1 Å². The fourth-order valence-electron chi connectivity index (χ4n) is 4.32. The molecule has 160 valence electrons. The van der Waals surface area contributed by atoms with Gasteiger partial charge in [-0.05, 0) is 49.1 Å². The molecule has 3 aromatic rings. The molecule has 30 heavy (non-hydrogen) atoms. The van der Waals surface area contributed by atoms with Crippen molar-refractivity contribution in [2.24, 2.45) is 0 Å². The molecule has 0 amide bonds. The molecule has 10 heteroatoms. The van der Waals surface area contributed by atoms with Crippen molar-refractivity contribution in [3.8, 4) is 0 Å². The molecule has 2 aliphatic heterocycles. The number of imidazole rings is 1. The van der Waals surface area contributed by atoms with Crippen LogP contribution in [0.25, 0.3) is 11.2 Å². The number of halogens is 3. The highest BCUT2D eigenvalue weighted by molar-refractivity contribution is 7.59. The summed E-state index contributed by atoms with van der Waals surface area (Å²) in [5.41, 5.74) is 3.69. The lowest BCUT2D eigenvalue weighted by Gasteiger charge is -2.37. The number of nitrogens with zero attached hydrogens (tertiary/aromatic N) is 3. The van der Waals surface area contributed by atoms with Gasteiger partial charge in [0, 0.05) is 36.7 Å². The zero-order chi connectivity index (χ0) is 20.0. The molecule has 0 saturated carbocycles. The lowest BCUT2D eigenvalue weighted by Crippen LogP contribution is -2.48. The molecule has 0 radical (unpaired) electrons. The molecular weight excluding hydrogens is 463 g/mol. The van der Waals surface area contributed by atoms with E-state index >= 15 is 0 Å². The quantitative estimate of drug-likeness (QED) is 0.448. The van der Waals surface area contributed by atoms with Crippen LogP contribution in [0.15, 0.2) is 24.3 Å². The van der Waals surface area contributed by atoms with Crippen LogP contribution in [0.1, 0.15) is 30.9 Å². The summed E-state index contributed by atoms with van der Waals surface area (Å²) < 4.78 is 0. The van der Waals surface area contributed by atoms with E-state index in [-0.39, 0.29) is 19.5 Å². The monoisotopic (exact) mass is 484 g/mol. The summed E-state index contributed by atoms with van der Waals surface area (Å²) in [7, 11) is 0. The van der Waals surface area contributed by atoms with Crippen molar-refractivity contribution in [2.75, 3.05) is 29.9 Å². The van der Waals surface area contributed by atoms with E-state index in [4.69, 9.17) is 34.8 Å². The Morgan fingerprint density at radius 2 is 1.97 bits per heavy atom. The molecule has 0 spiro atoms. The Hall–Kier alpha value is -1.38. The van der Waals surface area contributed by atoms with E-state index in [0.717, 1.165) is 61.6 Å². The Morgan fingerprint density at radius 1 is 1.10 bits per heavy atom. The number of piperidine rings is 1. The van der Waals surface area contributed by atoms with Crippen molar-refractivity contribution >= 4 is 71.1 Å². The highest BCUT2D eigenvalue weighted by Crippen LogP contribution is 2.38. The molecule has 2 atom stereocenters. The molecule has 2 aromatic heterocycles. The van der Waals surface area contributed by atoms with Crippen LogP contribution in [0.4, 0.5) is 11.6 Å². The molecule has 2 aliphatic rings. The molecule has 1 unspecified atom stereocenters. The number of aromatic nitrogens is 3. The predicted octanol–water partition coefficient (Wildman–Crippen LogP) is 5.15. The number of H-pyrrole nitrogens is 1. The topological polar surface area (TPSA) is 68.9 Å². The Bertz CT molecular complexity index is 1060. The van der Waals surface area contributed by atoms with Gasteiger partial charge in [0.15, 0.2) is 5.65 Å². The van der Waals surface area contributed by atoms with E-state index in [0.29, 0.717) is 26.9 Å². The third kappa shape index (κ3) is 4.32. The van der Waals surface area contributed by atoms with Crippen LogP contribution in [0.2, 0.25) is 15.2 Å². The zero-order valence-corrected chi connectivity index (χ0v) is 19.5. The fourth-order valence-corrected chi connectivity index (χ4v) is 5.04. The molecule has 5 rings (SSSR count). The van der Waals surface area contributed by atoms with Gasteiger partial charge in [-0.15, -0.1) is 0 Å². The van der Waals surface area contributed by atoms with E-state index in [1.807, 2.05) is 12.1 Å². The smallest absolute Gasteiger partial charge is 0.205 e. The predicted molar refractivity (Wildman–Crippen MR) is 130 cm³/mol. The Labute approximate surface area is 197 Å². The molecule has 3 N–H and O–H groups in total. The van der Waals surface area contributed by atoms with Crippen molar-refractivity contribution < 1.29 is 0 Å². The maximum Gasteiger partial charge on any atom is 0.205 e. The first kappa shape index (κ1) is 21.8. The van der Waals surface area contributed by atoms with Gasteiger partial charge in [0.05, 0.1) is 16.2 Å². The first-order valence-corrected chi connectivity index (χ1v) is 11.0. The van der Waals surface area contributed by atoms with Crippen LogP contribution in [0.5, 0.6) is 0 Å². The second-order valence-electron chi connectivity index (χ2n) is 7.64. The van der Waals surface area contributed by atoms with Gasteiger partial charge in [-0.1, -0.05) is 34.8 Å². The molecule has 6 nitrogen and oxygen atoms in total. The summed E-state index contributed by atoms with van der Waals surface area (Å²) in [6, 6.07) is 8.08. The maximum absolute atomic E-state index is 6.40. The number of aromatic amines is 1. The number of hydrogen-bond donors (Lipinski definition) is 3. The number of hydrogen-bond acceptors (Lipinski definition) is 5. The number of anilines is 2. The Morgan fingerprint density at radius 3 is 2.83 bits per heavy atom. The molecule has 1 aromatic carbocycles. The third-order valence-corrected chi connectivity index (χ3v) is 6.38. The zero-order valence-electron chi connectivity index (χ0n) is 16.2. The Kier molecular flexibility index (Phi) is 6.55. The summed E-state index contributed by atoms with van der Waals surface area (Å²) in [5.74, 6) is 0.845. The maximum atomic E-state index is 6.40. The first-order chi connectivity index (χ1) is 14.1. The minimum atomic E-state index is 0. The summed E-state index contributed by atoms with van der Waals surface area (Å²) in [5, 5.41) is 9.04. The number of pyridine rings is 1. The van der Waals surface area contributed by atoms with Gasteiger partial charge >= 0.3 is 0 Å². The lowest BCUT2D eigenvalue weighted by molar-refractivity contribution is 0.364. The largest absolute Gasteiger partial charge is 0.383 e. The van der Waals surface area contributed by atoms with Crippen LogP contribution < -0.4 is 15.5 Å². The Balaban J connectivity index is 0.00000218. The number of nitrogens with one attached hydrogen (secondary N) is 3. The molecule has 0 aliphatic carbocycles. The minimum absolute atomic E-state index is 0. The van der Waals surface area contributed by atoms with Crippen LogP contribution in [0.3, 0.4) is 0 Å². The van der Waals surface area contributed by atoms with Crippen LogP contribution in [-0.2, 0) is 0 Å². The van der Waals surface area contributed by atoms with Crippen molar-refractivity contribution in [3.05, 3.63) is 45.0 Å². The van der Waals surface area contributed by atoms with Crippen molar-refractivity contribution in [1.29, 1.82) is 0 Å². The molecule has 1 fully saturated rings. The van der Waals surface area contributed by atoms with Gasteiger partial charge in [-0.2, -0.15) is 18.5 Å². The van der Waals surface area contributed by atoms with Gasteiger partial charge in [-0.3, -0.25) is 0 Å². The van der Waals surface area contributed by atoms with Gasteiger partial charge in [-0.25, -0.2) is 4.98 Å². The van der Waals surface area contributed by atoms with Crippen molar-refractivity contribution in [2.45, 2.75) is 31.3 Å². The normalized spacial score (nSPS) is 21.1. The van der Waals surface area contributed by atoms with Crippen molar-refractivity contribution in [1.82, 2.24) is 20.3 Å². The fraction of sp³-hybridized carbons (Fsp3) is 0.400. The summed E-state index contributed by atoms with van der Waals surface area (Å²) >= 11 is 18.7. The molecule has 1 saturated heterocycles. The summed E-state index contributed by atoms with van der Waals surface area (Å²) in [4.78, 5) is 14.6. The highest BCUT2D eigenvalue weighted by atomic mass is 35.5. The number of rotatable bonds is 3. The van der Waals surface area contributed by atoms with E-state index in [2.05, 4.69) is 30.5 Å². The SMILES string of the molecule is Clc1cc(Cl)c2c(c1)C(N[C@H]1CCCN(c3nc4nc(Cl)ccc4[nH]3)C1)CCN2.S. The number of fused-ring (bicyclic) bond motifs is 2. The second kappa shape index (κ2) is 9.01. The van der Waals surface area contributed by atoms with Crippen molar-refractivity contribution in [3.63, 3.8) is 0 Å². The highest BCUT2D eigenvalue weighted by Gasteiger charge is 2.28. The summed E-state index contributed by atoms with van der Waals surface area (Å²) in [6.45, 7) is 2.73. The van der Waals surface area contributed by atoms with Gasteiger partial charge in [0.25, 0.3) is 0 Å². The average Bonchev–Trinajstić information content (AvgIpc) is 3.12. The van der Waals surface area contributed by atoms with Gasteiger partial charge in [0.1, 0.15) is 5.15 Å². The van der Waals surface area contributed by atoms with Crippen LogP contribution >= 0.6 is 48.3 Å². The molecular formula is C20H23Cl3N6S. The summed E-state index contributed by atoms with van der Waals surface area (Å²) in [6.07, 6.45) is 3.21. The lowest BCUT2D eigenvalue weighted by atomic mass is 9.95. The average molecular weight is 486 g/mol. The minimum Gasteiger partial charge on any atom is -0.383 e. The molecule has 4 heterocycles. The first-order valence-electron chi connectivity index (χ1n) is 9.83. The van der Waals surface area contributed by atoms with Crippen LogP contribution in [0, 0.1) is 0 Å². The standard InChI is InChI=1S/C20H21Cl3N6.H2S/c21-11-8-13-15(5-6-24-18(13)14(22)9-11)25-12-2-1-7-29(10-12)20-26-16-3-4-17(23)27-19(16)28-20;/h3-4,8-9,12,15,24-25H,1-2,5-7,10H2,(H,26,27,28);1H2/t12-,15?;/m0./s1. The number of benzene rings is 1. The third-order valence-electron chi connectivity index (χ3n) is 5.65. The van der Waals surface area contributed by atoms with E-state index in [9.17, 15) is 0 Å².